The second-order valence-electron chi connectivity index (χ2n) is 9.41. The first-order chi connectivity index (χ1) is 13.5. The van der Waals surface area contributed by atoms with Crippen molar-refractivity contribution in [3.8, 4) is 5.75 Å². The minimum Gasteiger partial charge on any atom is -0.497 e. The van der Waals surface area contributed by atoms with Crippen molar-refractivity contribution in [2.75, 3.05) is 26.9 Å². The number of hydrogen-bond acceptors (Lipinski definition) is 3. The van der Waals surface area contributed by atoms with E-state index in [1.165, 1.54) is 13.2 Å². The van der Waals surface area contributed by atoms with Crippen molar-refractivity contribution in [1.29, 1.82) is 0 Å². The topological polar surface area (TPSA) is 42.0 Å². The van der Waals surface area contributed by atoms with Crippen LogP contribution in [-0.4, -0.2) is 53.8 Å². The predicted octanol–water partition coefficient (Wildman–Crippen LogP) is 5.40. The number of benzene rings is 1. The van der Waals surface area contributed by atoms with Crippen LogP contribution >= 0.6 is 0 Å². The van der Waals surface area contributed by atoms with Gasteiger partial charge in [0.2, 0.25) is 0 Å². The Balaban J connectivity index is 2.43. The van der Waals surface area contributed by atoms with E-state index in [4.69, 9.17) is 9.47 Å². The van der Waals surface area contributed by atoms with E-state index in [0.717, 1.165) is 19.3 Å². The highest BCUT2D eigenvalue weighted by atomic mass is 19.1. The molecular weight excluding hydrogens is 371 g/mol. The molecule has 0 N–H and O–H groups in total. The predicted molar refractivity (Wildman–Crippen MR) is 114 cm³/mol. The highest BCUT2D eigenvalue weighted by Crippen LogP contribution is 2.37. The number of morpholine rings is 1. The summed E-state index contributed by atoms with van der Waals surface area (Å²) in [5.74, 6) is 0.0674. The fourth-order valence-electron chi connectivity index (χ4n) is 3.88. The Labute approximate surface area is 175 Å². The molecule has 0 saturated carbocycles. The number of unbranched alkanes of at least 4 members (excludes halogenated alkanes) is 2. The lowest BCUT2D eigenvalue weighted by atomic mass is 9.94. The summed E-state index contributed by atoms with van der Waals surface area (Å²) in [6.07, 6.45) is 3.11. The summed E-state index contributed by atoms with van der Waals surface area (Å²) in [5, 5.41) is 0. The van der Waals surface area contributed by atoms with Crippen LogP contribution in [-0.2, 0) is 4.74 Å². The number of methoxy groups -OCH3 is 1. The third-order valence-corrected chi connectivity index (χ3v) is 5.49. The molecule has 2 rings (SSSR count). The van der Waals surface area contributed by atoms with Crippen molar-refractivity contribution in [3.05, 3.63) is 29.6 Å². The molecule has 1 saturated heterocycles. The summed E-state index contributed by atoms with van der Waals surface area (Å²) in [4.78, 5) is 17.6. The van der Waals surface area contributed by atoms with Gasteiger partial charge in [-0.05, 0) is 47.1 Å². The van der Waals surface area contributed by atoms with Gasteiger partial charge in [-0.1, -0.05) is 25.8 Å². The van der Waals surface area contributed by atoms with Gasteiger partial charge >= 0.3 is 6.03 Å². The van der Waals surface area contributed by atoms with Gasteiger partial charge in [0.15, 0.2) is 0 Å². The zero-order valence-corrected chi connectivity index (χ0v) is 19.0. The molecule has 2 amide bonds. The first-order valence-corrected chi connectivity index (χ1v) is 10.5. The Morgan fingerprint density at radius 3 is 2.59 bits per heavy atom. The smallest absolute Gasteiger partial charge is 0.321 e. The van der Waals surface area contributed by atoms with Crippen molar-refractivity contribution in [2.24, 2.45) is 0 Å². The SMILES string of the molecule is CCCCCN(C(=O)N1C(c2ccc(OC)cc2F)COCC1(C)C)C(C)(C)C. The van der Waals surface area contributed by atoms with Crippen LogP contribution in [0.5, 0.6) is 5.75 Å². The number of urea groups is 1. The largest absolute Gasteiger partial charge is 0.497 e. The number of rotatable bonds is 6. The van der Waals surface area contributed by atoms with Crippen LogP contribution in [0.15, 0.2) is 18.2 Å². The molecule has 0 bridgehead atoms. The summed E-state index contributed by atoms with van der Waals surface area (Å²) in [5.41, 5.74) is -0.433. The number of nitrogens with zero attached hydrogens (tertiary/aromatic N) is 2. The fourth-order valence-corrected chi connectivity index (χ4v) is 3.88. The fraction of sp³-hybridized carbons (Fsp3) is 0.696. The van der Waals surface area contributed by atoms with Gasteiger partial charge in [0, 0.05) is 23.7 Å². The summed E-state index contributed by atoms with van der Waals surface area (Å²) >= 11 is 0. The number of carbonyl (C=O) groups is 1. The number of ether oxygens (including phenoxy) is 2. The number of halogens is 1. The molecular formula is C23H37FN2O3. The maximum atomic E-state index is 14.9. The van der Waals surface area contributed by atoms with E-state index in [1.807, 2.05) is 44.4 Å². The van der Waals surface area contributed by atoms with E-state index in [-0.39, 0.29) is 24.0 Å². The van der Waals surface area contributed by atoms with Crippen LogP contribution in [0.1, 0.15) is 72.4 Å². The zero-order chi connectivity index (χ0) is 21.8. The Hall–Kier alpha value is -1.82. The first kappa shape index (κ1) is 23.5. The van der Waals surface area contributed by atoms with Crippen LogP contribution in [0, 0.1) is 5.82 Å². The van der Waals surface area contributed by atoms with E-state index in [2.05, 4.69) is 6.92 Å². The number of carbonyl (C=O) groups excluding carboxylic acids is 1. The average Bonchev–Trinajstić information content (AvgIpc) is 2.62. The molecule has 0 aliphatic carbocycles. The third-order valence-electron chi connectivity index (χ3n) is 5.49. The molecule has 1 atom stereocenters. The van der Waals surface area contributed by atoms with Crippen molar-refractivity contribution in [2.45, 2.75) is 77.9 Å². The standard InChI is InChI=1S/C23H37FN2O3/c1-8-9-10-13-25(22(2,3)4)21(27)26-20(15-29-16-23(26,5)6)18-12-11-17(28-7)14-19(18)24/h11-12,14,20H,8-10,13,15-16H2,1-7H3. The van der Waals surface area contributed by atoms with Gasteiger partial charge in [0.25, 0.3) is 0 Å². The van der Waals surface area contributed by atoms with Crippen LogP contribution in [0.2, 0.25) is 0 Å². The quantitative estimate of drug-likeness (QED) is 0.592. The van der Waals surface area contributed by atoms with Gasteiger partial charge in [0.1, 0.15) is 11.6 Å². The lowest BCUT2D eigenvalue weighted by Gasteiger charge is -2.51. The van der Waals surface area contributed by atoms with E-state index in [1.54, 1.807) is 12.1 Å². The lowest BCUT2D eigenvalue weighted by Crippen LogP contribution is -2.63. The molecule has 1 fully saturated rings. The number of hydrogen-bond donors (Lipinski definition) is 0. The molecule has 1 aromatic rings. The molecule has 0 spiro atoms. The Morgan fingerprint density at radius 2 is 2.03 bits per heavy atom. The minimum atomic E-state index is -0.555. The van der Waals surface area contributed by atoms with Crippen LogP contribution in [0.4, 0.5) is 9.18 Å². The summed E-state index contributed by atoms with van der Waals surface area (Å²) in [6, 6.07) is 4.23. The van der Waals surface area contributed by atoms with E-state index in [0.29, 0.717) is 24.5 Å². The normalized spacial score (nSPS) is 19.2. The molecule has 0 radical (unpaired) electrons. The van der Waals surface area contributed by atoms with E-state index in [9.17, 15) is 9.18 Å². The minimum absolute atomic E-state index is 0.0675. The van der Waals surface area contributed by atoms with E-state index >= 15 is 0 Å². The molecule has 29 heavy (non-hydrogen) atoms. The maximum Gasteiger partial charge on any atom is 0.321 e. The maximum absolute atomic E-state index is 14.9. The van der Waals surface area contributed by atoms with Crippen molar-refractivity contribution in [1.82, 2.24) is 9.80 Å². The highest BCUT2D eigenvalue weighted by molar-refractivity contribution is 5.77. The zero-order valence-electron chi connectivity index (χ0n) is 19.0. The molecule has 1 aliphatic heterocycles. The van der Waals surface area contributed by atoms with Gasteiger partial charge in [-0.2, -0.15) is 0 Å². The lowest BCUT2D eigenvalue weighted by molar-refractivity contribution is -0.0769. The Bertz CT molecular complexity index is 700. The summed E-state index contributed by atoms with van der Waals surface area (Å²) in [6.45, 7) is 13.6. The van der Waals surface area contributed by atoms with Gasteiger partial charge in [0.05, 0.1) is 31.9 Å². The molecule has 1 unspecified atom stereocenters. The van der Waals surface area contributed by atoms with Gasteiger partial charge in [-0.25, -0.2) is 9.18 Å². The molecule has 1 aromatic carbocycles. The van der Waals surface area contributed by atoms with Crippen molar-refractivity contribution in [3.63, 3.8) is 0 Å². The second-order valence-corrected chi connectivity index (χ2v) is 9.41. The van der Waals surface area contributed by atoms with Crippen LogP contribution < -0.4 is 4.74 Å². The molecule has 164 valence electrons. The molecule has 6 heteroatoms. The average molecular weight is 409 g/mol. The Kier molecular flexibility index (Phi) is 7.55. The van der Waals surface area contributed by atoms with E-state index < -0.39 is 11.6 Å². The molecule has 1 aliphatic rings. The second kappa shape index (κ2) is 9.33. The monoisotopic (exact) mass is 408 g/mol. The molecule has 5 nitrogen and oxygen atoms in total. The molecule has 1 heterocycles. The molecule has 0 aromatic heterocycles. The first-order valence-electron chi connectivity index (χ1n) is 10.5. The summed E-state index contributed by atoms with van der Waals surface area (Å²) < 4.78 is 25.8. The van der Waals surface area contributed by atoms with Gasteiger partial charge in [-0.3, -0.25) is 0 Å². The van der Waals surface area contributed by atoms with Gasteiger partial charge < -0.3 is 19.3 Å². The highest BCUT2D eigenvalue weighted by Gasteiger charge is 2.45. The van der Waals surface area contributed by atoms with Crippen LogP contribution in [0.25, 0.3) is 0 Å². The summed E-state index contributed by atoms with van der Waals surface area (Å²) in [7, 11) is 1.51. The Morgan fingerprint density at radius 1 is 1.34 bits per heavy atom. The van der Waals surface area contributed by atoms with Crippen LogP contribution in [0.3, 0.4) is 0 Å². The number of amides is 2. The third kappa shape index (κ3) is 5.41. The van der Waals surface area contributed by atoms with Crippen molar-refractivity contribution >= 4 is 6.03 Å². The van der Waals surface area contributed by atoms with Gasteiger partial charge in [-0.15, -0.1) is 0 Å². The van der Waals surface area contributed by atoms with Crippen molar-refractivity contribution < 1.29 is 18.7 Å².